The highest BCUT2D eigenvalue weighted by molar-refractivity contribution is 5.09. The Morgan fingerprint density at radius 3 is 2.76 bits per heavy atom. The highest BCUT2D eigenvalue weighted by Crippen LogP contribution is 2.40. The molecule has 4 heteroatoms. The number of aromatic nitrogens is 2. The molecule has 0 unspecified atom stereocenters. The number of ether oxygens (including phenoxy) is 1. The molecule has 2 rings (SSSR count). The molecule has 17 heavy (non-hydrogen) atoms. The lowest BCUT2D eigenvalue weighted by molar-refractivity contribution is -0.0600. The second-order valence-electron chi connectivity index (χ2n) is 4.91. The van der Waals surface area contributed by atoms with E-state index >= 15 is 0 Å². The normalized spacial score (nSPS) is 29.2. The fourth-order valence-electron chi connectivity index (χ4n) is 2.45. The van der Waals surface area contributed by atoms with Gasteiger partial charge in [0.2, 0.25) is 0 Å². The number of aliphatic hydroxyl groups excluding tert-OH is 1. The Morgan fingerprint density at radius 2 is 2.18 bits per heavy atom. The van der Waals surface area contributed by atoms with Crippen molar-refractivity contribution < 1.29 is 9.84 Å². The molecule has 1 aromatic rings. The minimum Gasteiger partial charge on any atom is -0.390 e. The summed E-state index contributed by atoms with van der Waals surface area (Å²) in [5.74, 6) is 1.47. The van der Waals surface area contributed by atoms with E-state index in [-0.39, 0.29) is 12.2 Å². The third kappa shape index (κ3) is 2.48. The van der Waals surface area contributed by atoms with Gasteiger partial charge in [-0.2, -0.15) is 0 Å². The van der Waals surface area contributed by atoms with Crippen LogP contribution in [0.5, 0.6) is 0 Å². The smallest absolute Gasteiger partial charge is 0.160 e. The Morgan fingerprint density at radius 1 is 1.47 bits per heavy atom. The van der Waals surface area contributed by atoms with Gasteiger partial charge in [0.25, 0.3) is 0 Å². The first-order chi connectivity index (χ1) is 8.20. The van der Waals surface area contributed by atoms with Crippen LogP contribution in [0.2, 0.25) is 0 Å². The van der Waals surface area contributed by atoms with E-state index in [0.717, 1.165) is 37.4 Å². The van der Waals surface area contributed by atoms with Gasteiger partial charge in [-0.3, -0.25) is 0 Å². The zero-order chi connectivity index (χ0) is 12.3. The molecule has 0 aliphatic heterocycles. The largest absolute Gasteiger partial charge is 0.390 e. The van der Waals surface area contributed by atoms with Gasteiger partial charge in [-0.15, -0.1) is 0 Å². The van der Waals surface area contributed by atoms with Crippen LogP contribution in [-0.2, 0) is 16.9 Å². The van der Waals surface area contributed by atoms with Crippen molar-refractivity contribution in [3.05, 3.63) is 23.8 Å². The predicted molar refractivity (Wildman–Crippen MR) is 64.3 cm³/mol. The number of aliphatic hydroxyl groups is 1. The Kier molecular flexibility index (Phi) is 3.74. The Labute approximate surface area is 102 Å². The third-order valence-corrected chi connectivity index (χ3v) is 3.76. The maximum Gasteiger partial charge on any atom is 0.160 e. The van der Waals surface area contributed by atoms with Crippen molar-refractivity contribution in [3.8, 4) is 0 Å². The summed E-state index contributed by atoms with van der Waals surface area (Å²) in [5, 5.41) is 9.13. The minimum atomic E-state index is -0.350. The van der Waals surface area contributed by atoms with Crippen molar-refractivity contribution in [1.82, 2.24) is 9.97 Å². The lowest BCUT2D eigenvalue weighted by atomic mass is 9.79. The molecule has 1 fully saturated rings. The first kappa shape index (κ1) is 12.5. The molecular formula is C13H20N2O2. The summed E-state index contributed by atoms with van der Waals surface area (Å²) in [5.41, 5.74) is 0.308. The van der Waals surface area contributed by atoms with Crippen molar-refractivity contribution in [1.29, 1.82) is 0 Å². The fraction of sp³-hybridized carbons (Fsp3) is 0.692. The maximum atomic E-state index is 9.13. The van der Waals surface area contributed by atoms with Crippen LogP contribution >= 0.6 is 0 Å². The van der Waals surface area contributed by atoms with Crippen LogP contribution in [0, 0.1) is 5.92 Å². The number of hydrogen-bond acceptors (Lipinski definition) is 4. The summed E-state index contributed by atoms with van der Waals surface area (Å²) in [6.07, 6.45) is 5.90. The zero-order valence-electron chi connectivity index (χ0n) is 10.5. The van der Waals surface area contributed by atoms with E-state index in [1.165, 1.54) is 0 Å². The summed E-state index contributed by atoms with van der Waals surface area (Å²) in [4.78, 5) is 8.73. The van der Waals surface area contributed by atoms with Gasteiger partial charge in [0, 0.05) is 13.3 Å². The Hall–Kier alpha value is -1.00. The fourth-order valence-corrected chi connectivity index (χ4v) is 2.45. The third-order valence-electron chi connectivity index (χ3n) is 3.76. The summed E-state index contributed by atoms with van der Waals surface area (Å²) in [7, 11) is 1.73. The van der Waals surface area contributed by atoms with Crippen LogP contribution in [0.1, 0.15) is 44.1 Å². The molecule has 1 N–H and O–H groups in total. The van der Waals surface area contributed by atoms with Crippen molar-refractivity contribution in [2.75, 3.05) is 7.11 Å². The van der Waals surface area contributed by atoms with Gasteiger partial charge in [0.05, 0.1) is 12.3 Å². The topological polar surface area (TPSA) is 55.2 Å². The van der Waals surface area contributed by atoms with Crippen LogP contribution in [0.3, 0.4) is 0 Å². The molecule has 0 atom stereocenters. The van der Waals surface area contributed by atoms with E-state index in [1.54, 1.807) is 19.4 Å². The lowest BCUT2D eigenvalue weighted by Crippen LogP contribution is -2.35. The first-order valence-electron chi connectivity index (χ1n) is 6.18. The Bertz CT molecular complexity index is 373. The quantitative estimate of drug-likeness (QED) is 0.872. The molecule has 0 amide bonds. The van der Waals surface area contributed by atoms with Gasteiger partial charge in [0.15, 0.2) is 5.82 Å². The maximum absolute atomic E-state index is 9.13. The molecule has 0 radical (unpaired) electrons. The van der Waals surface area contributed by atoms with Crippen LogP contribution in [0.25, 0.3) is 0 Å². The molecule has 1 aromatic heterocycles. The van der Waals surface area contributed by atoms with Gasteiger partial charge in [-0.05, 0) is 37.7 Å². The molecule has 0 aromatic carbocycles. The highest BCUT2D eigenvalue weighted by Gasteiger charge is 2.38. The van der Waals surface area contributed by atoms with Crippen LogP contribution in [-0.4, -0.2) is 22.2 Å². The molecule has 4 nitrogen and oxygen atoms in total. The van der Waals surface area contributed by atoms with Crippen molar-refractivity contribution >= 4 is 0 Å². The van der Waals surface area contributed by atoms with Crippen molar-refractivity contribution in [2.24, 2.45) is 5.92 Å². The number of rotatable bonds is 3. The molecule has 1 heterocycles. The molecule has 0 spiro atoms. The molecule has 0 saturated heterocycles. The van der Waals surface area contributed by atoms with Crippen LogP contribution in [0.15, 0.2) is 12.3 Å². The monoisotopic (exact) mass is 236 g/mol. The summed E-state index contributed by atoms with van der Waals surface area (Å²) >= 11 is 0. The van der Waals surface area contributed by atoms with Gasteiger partial charge in [0.1, 0.15) is 5.60 Å². The molecule has 1 saturated carbocycles. The molecule has 1 aliphatic carbocycles. The van der Waals surface area contributed by atoms with Gasteiger partial charge < -0.3 is 9.84 Å². The SMILES string of the molecule is COC1(c2nccc(CO)n2)CCC(C)CC1. The second kappa shape index (κ2) is 5.10. The molecule has 0 bridgehead atoms. The Balaban J connectivity index is 2.27. The van der Waals surface area contributed by atoms with Gasteiger partial charge in [-0.25, -0.2) is 9.97 Å². The summed E-state index contributed by atoms with van der Waals surface area (Å²) in [6.45, 7) is 2.22. The average Bonchev–Trinajstić information content (AvgIpc) is 2.40. The lowest BCUT2D eigenvalue weighted by Gasteiger charge is -2.36. The summed E-state index contributed by atoms with van der Waals surface area (Å²) < 4.78 is 5.71. The summed E-state index contributed by atoms with van der Waals surface area (Å²) in [6, 6.07) is 1.73. The zero-order valence-corrected chi connectivity index (χ0v) is 10.5. The van der Waals surface area contributed by atoms with Crippen LogP contribution in [0.4, 0.5) is 0 Å². The van der Waals surface area contributed by atoms with Crippen molar-refractivity contribution in [3.63, 3.8) is 0 Å². The number of nitrogens with zero attached hydrogens (tertiary/aromatic N) is 2. The standard InChI is InChI=1S/C13H20N2O2/c1-10-3-6-13(17-2,7-4-10)12-14-8-5-11(9-16)15-12/h5,8,10,16H,3-4,6-7,9H2,1-2H3. The van der Waals surface area contributed by atoms with E-state index in [9.17, 15) is 0 Å². The van der Waals surface area contributed by atoms with Gasteiger partial charge in [-0.1, -0.05) is 6.92 Å². The molecule has 1 aliphatic rings. The number of methoxy groups -OCH3 is 1. The van der Waals surface area contributed by atoms with E-state index in [2.05, 4.69) is 16.9 Å². The van der Waals surface area contributed by atoms with Crippen molar-refractivity contribution in [2.45, 2.75) is 44.8 Å². The molecular weight excluding hydrogens is 216 g/mol. The first-order valence-corrected chi connectivity index (χ1v) is 6.18. The van der Waals surface area contributed by atoms with E-state index < -0.39 is 0 Å². The average molecular weight is 236 g/mol. The van der Waals surface area contributed by atoms with Gasteiger partial charge >= 0.3 is 0 Å². The predicted octanol–water partition coefficient (Wildman–Crippen LogP) is 2.02. The van der Waals surface area contributed by atoms with E-state index in [1.807, 2.05) is 0 Å². The van der Waals surface area contributed by atoms with Crippen LogP contribution < -0.4 is 0 Å². The minimum absolute atomic E-state index is 0.0499. The second-order valence-corrected chi connectivity index (χ2v) is 4.91. The van der Waals surface area contributed by atoms with E-state index in [0.29, 0.717) is 5.69 Å². The highest BCUT2D eigenvalue weighted by atomic mass is 16.5. The molecule has 94 valence electrons. The van der Waals surface area contributed by atoms with E-state index in [4.69, 9.17) is 9.84 Å². The number of hydrogen-bond donors (Lipinski definition) is 1.